The molecule has 0 unspecified atom stereocenters. The first-order valence-corrected chi connectivity index (χ1v) is 6.67. The van der Waals surface area contributed by atoms with Crippen LogP contribution in [-0.4, -0.2) is 13.0 Å². The number of carbonyl (C=O) groups is 1. The Morgan fingerprint density at radius 2 is 2.05 bits per heavy atom. The number of nitrogens with zero attached hydrogens (tertiary/aromatic N) is 1. The maximum atomic E-state index is 12.1. The lowest BCUT2D eigenvalue weighted by molar-refractivity contribution is -0.112. The Balaban J connectivity index is 2.18. The van der Waals surface area contributed by atoms with Gasteiger partial charge in [0.1, 0.15) is 17.4 Å². The van der Waals surface area contributed by atoms with Gasteiger partial charge in [-0.1, -0.05) is 6.07 Å². The lowest BCUT2D eigenvalue weighted by Crippen LogP contribution is -2.13. The maximum Gasteiger partial charge on any atom is 0.284 e. The Labute approximate surface area is 128 Å². The number of anilines is 1. The minimum absolute atomic E-state index is 0.0461. The fourth-order valence-corrected chi connectivity index (χ4v) is 1.83. The zero-order chi connectivity index (χ0) is 16.1. The molecule has 1 heterocycles. The molecule has 0 radical (unpaired) electrons. The summed E-state index contributed by atoms with van der Waals surface area (Å²) >= 11 is 0. The van der Waals surface area contributed by atoms with Gasteiger partial charge in [0.25, 0.3) is 11.9 Å². The van der Waals surface area contributed by atoms with E-state index < -0.39 is 5.91 Å². The van der Waals surface area contributed by atoms with E-state index in [2.05, 4.69) is 5.32 Å². The van der Waals surface area contributed by atoms with Gasteiger partial charge in [-0.15, -0.1) is 0 Å². The molecule has 2 aromatic rings. The van der Waals surface area contributed by atoms with Gasteiger partial charge in [-0.05, 0) is 43.2 Å². The number of furan rings is 1. The van der Waals surface area contributed by atoms with E-state index >= 15 is 0 Å². The molecular formula is C17H16N2O3. The Morgan fingerprint density at radius 1 is 1.27 bits per heavy atom. The highest BCUT2D eigenvalue weighted by Gasteiger charge is 2.11. The van der Waals surface area contributed by atoms with Gasteiger partial charge in [0.2, 0.25) is 0 Å². The summed E-state index contributed by atoms with van der Waals surface area (Å²) in [5.41, 5.74) is 2.80. The largest absolute Gasteiger partial charge is 0.468 e. The molecule has 1 N–H and O–H groups in total. The zero-order valence-corrected chi connectivity index (χ0v) is 12.6. The number of hydrogen-bond donors (Lipinski definition) is 1. The Hall–Kier alpha value is -3.00. The van der Waals surface area contributed by atoms with E-state index in [1.54, 1.807) is 18.2 Å². The quantitative estimate of drug-likeness (QED) is 0.692. The van der Waals surface area contributed by atoms with Crippen LogP contribution in [0.5, 0.6) is 5.95 Å². The summed E-state index contributed by atoms with van der Waals surface area (Å²) in [4.78, 5) is 12.1. The van der Waals surface area contributed by atoms with Gasteiger partial charge < -0.3 is 14.5 Å². The predicted molar refractivity (Wildman–Crippen MR) is 83.4 cm³/mol. The van der Waals surface area contributed by atoms with Crippen molar-refractivity contribution in [2.45, 2.75) is 13.8 Å². The number of methoxy groups -OCH3 is 1. The third kappa shape index (κ3) is 3.55. The molecule has 1 amide bonds. The van der Waals surface area contributed by atoms with E-state index in [-0.39, 0.29) is 5.57 Å². The van der Waals surface area contributed by atoms with Crippen LogP contribution in [0.15, 0.2) is 40.3 Å². The smallest absolute Gasteiger partial charge is 0.284 e. The van der Waals surface area contributed by atoms with E-state index in [1.165, 1.54) is 13.2 Å². The van der Waals surface area contributed by atoms with Crippen molar-refractivity contribution in [3.63, 3.8) is 0 Å². The van der Waals surface area contributed by atoms with E-state index in [4.69, 9.17) is 14.4 Å². The molecule has 0 fully saturated rings. The number of benzene rings is 1. The lowest BCUT2D eigenvalue weighted by Gasteiger charge is -2.06. The van der Waals surface area contributed by atoms with Crippen LogP contribution in [0.4, 0.5) is 5.69 Å². The summed E-state index contributed by atoms with van der Waals surface area (Å²) in [5, 5.41) is 11.8. The number of rotatable bonds is 4. The molecule has 112 valence electrons. The Bertz CT molecular complexity index is 766. The van der Waals surface area contributed by atoms with Crippen LogP contribution in [0, 0.1) is 25.2 Å². The fraction of sp³-hybridized carbons (Fsp3) is 0.176. The molecule has 0 saturated carbocycles. The minimum atomic E-state index is -0.485. The molecule has 1 aromatic heterocycles. The first-order valence-electron chi connectivity index (χ1n) is 6.67. The number of amides is 1. The molecular weight excluding hydrogens is 280 g/mol. The number of ether oxygens (including phenoxy) is 1. The minimum Gasteiger partial charge on any atom is -0.468 e. The van der Waals surface area contributed by atoms with Gasteiger partial charge in [-0.25, -0.2) is 0 Å². The van der Waals surface area contributed by atoms with Crippen molar-refractivity contribution in [3.05, 3.63) is 52.8 Å². The Morgan fingerprint density at radius 3 is 2.64 bits per heavy atom. The van der Waals surface area contributed by atoms with E-state index in [0.29, 0.717) is 17.4 Å². The summed E-state index contributed by atoms with van der Waals surface area (Å²) in [6, 6.07) is 10.7. The topological polar surface area (TPSA) is 75.3 Å². The third-order valence-electron chi connectivity index (χ3n) is 3.22. The second kappa shape index (κ2) is 6.64. The van der Waals surface area contributed by atoms with Crippen LogP contribution in [0.3, 0.4) is 0 Å². The summed E-state index contributed by atoms with van der Waals surface area (Å²) in [5.74, 6) is 0.211. The van der Waals surface area contributed by atoms with Crippen molar-refractivity contribution >= 4 is 17.7 Å². The highest BCUT2D eigenvalue weighted by atomic mass is 16.6. The average Bonchev–Trinajstić information content (AvgIpc) is 2.96. The van der Waals surface area contributed by atoms with Crippen molar-refractivity contribution in [1.29, 1.82) is 5.26 Å². The molecule has 22 heavy (non-hydrogen) atoms. The van der Waals surface area contributed by atoms with Crippen molar-refractivity contribution in [3.8, 4) is 12.0 Å². The zero-order valence-electron chi connectivity index (χ0n) is 12.6. The first-order chi connectivity index (χ1) is 10.5. The van der Waals surface area contributed by atoms with Gasteiger partial charge in [0, 0.05) is 17.8 Å². The standard InChI is InChI=1S/C17H16N2O3/c1-11-4-5-14(8-12(11)2)19-17(20)13(10-18)9-15-6-7-16(21-3)22-15/h4-9H,1-3H3,(H,19,20)/b13-9+. The number of carbonyl (C=O) groups excluding carboxylic acids is 1. The van der Waals surface area contributed by atoms with Crippen LogP contribution in [0.25, 0.3) is 6.08 Å². The van der Waals surface area contributed by atoms with Crippen molar-refractivity contribution < 1.29 is 13.9 Å². The summed E-state index contributed by atoms with van der Waals surface area (Å²) in [6.45, 7) is 3.95. The molecule has 0 atom stereocenters. The predicted octanol–water partition coefficient (Wildman–Crippen LogP) is 3.45. The molecule has 1 aromatic carbocycles. The molecule has 0 aliphatic heterocycles. The van der Waals surface area contributed by atoms with Crippen LogP contribution < -0.4 is 10.1 Å². The summed E-state index contributed by atoms with van der Waals surface area (Å²) in [6.07, 6.45) is 1.37. The molecule has 0 bridgehead atoms. The van der Waals surface area contributed by atoms with Crippen LogP contribution >= 0.6 is 0 Å². The molecule has 5 nitrogen and oxygen atoms in total. The molecule has 2 rings (SSSR count). The highest BCUT2D eigenvalue weighted by molar-refractivity contribution is 6.09. The highest BCUT2D eigenvalue weighted by Crippen LogP contribution is 2.19. The van der Waals surface area contributed by atoms with Gasteiger partial charge >= 0.3 is 0 Å². The van der Waals surface area contributed by atoms with Gasteiger partial charge in [0.05, 0.1) is 7.11 Å². The fourth-order valence-electron chi connectivity index (χ4n) is 1.83. The number of aryl methyl sites for hydroxylation is 2. The van der Waals surface area contributed by atoms with Gasteiger partial charge in [0.15, 0.2) is 0 Å². The van der Waals surface area contributed by atoms with Crippen molar-refractivity contribution in [2.24, 2.45) is 0 Å². The normalized spacial score (nSPS) is 10.9. The third-order valence-corrected chi connectivity index (χ3v) is 3.22. The number of hydrogen-bond acceptors (Lipinski definition) is 4. The average molecular weight is 296 g/mol. The van der Waals surface area contributed by atoms with E-state index in [9.17, 15) is 4.79 Å². The molecule has 0 aliphatic carbocycles. The summed E-state index contributed by atoms with van der Waals surface area (Å²) in [7, 11) is 1.48. The second-order valence-electron chi connectivity index (χ2n) is 4.78. The van der Waals surface area contributed by atoms with E-state index in [1.807, 2.05) is 32.0 Å². The van der Waals surface area contributed by atoms with Crippen LogP contribution in [-0.2, 0) is 4.79 Å². The molecule has 0 saturated heterocycles. The number of nitriles is 1. The summed E-state index contributed by atoms with van der Waals surface area (Å²) < 4.78 is 10.2. The van der Waals surface area contributed by atoms with Crippen LogP contribution in [0.2, 0.25) is 0 Å². The SMILES string of the molecule is COc1ccc(/C=C(\C#N)C(=O)Nc2ccc(C)c(C)c2)o1. The Kier molecular flexibility index (Phi) is 4.64. The maximum absolute atomic E-state index is 12.1. The molecule has 5 heteroatoms. The van der Waals surface area contributed by atoms with Crippen LogP contribution in [0.1, 0.15) is 16.9 Å². The van der Waals surface area contributed by atoms with Crippen molar-refractivity contribution in [2.75, 3.05) is 12.4 Å². The second-order valence-corrected chi connectivity index (χ2v) is 4.78. The molecule has 0 spiro atoms. The van der Waals surface area contributed by atoms with Gasteiger partial charge in [-0.3, -0.25) is 4.79 Å². The van der Waals surface area contributed by atoms with Crippen molar-refractivity contribution in [1.82, 2.24) is 0 Å². The van der Waals surface area contributed by atoms with E-state index in [0.717, 1.165) is 11.1 Å². The lowest BCUT2D eigenvalue weighted by atomic mass is 10.1. The molecule has 0 aliphatic rings. The first kappa shape index (κ1) is 15.4. The number of nitrogens with one attached hydrogen (secondary N) is 1. The monoisotopic (exact) mass is 296 g/mol. The van der Waals surface area contributed by atoms with Gasteiger partial charge in [-0.2, -0.15) is 5.26 Å².